The van der Waals surface area contributed by atoms with Crippen LogP contribution in [0, 0.1) is 6.92 Å². The molecule has 0 bridgehead atoms. The van der Waals surface area contributed by atoms with E-state index in [9.17, 15) is 0 Å². The number of hydrogen-bond donors (Lipinski definition) is 0. The highest BCUT2D eigenvalue weighted by molar-refractivity contribution is 5.77. The van der Waals surface area contributed by atoms with Crippen LogP contribution in [0.2, 0.25) is 0 Å². The van der Waals surface area contributed by atoms with Crippen LogP contribution in [-0.2, 0) is 0 Å². The number of unbranched alkanes of at least 4 members (excludes halogenated alkanes) is 7. The van der Waals surface area contributed by atoms with Gasteiger partial charge in [0, 0.05) is 5.56 Å². The van der Waals surface area contributed by atoms with Crippen molar-refractivity contribution in [1.82, 2.24) is 4.98 Å². The third-order valence-corrected chi connectivity index (χ3v) is 6.13. The molecular formula is C30H35NO2. The minimum absolute atomic E-state index is 0.659. The number of rotatable bonds is 12. The lowest BCUT2D eigenvalue weighted by molar-refractivity contribution is 0.304. The third-order valence-electron chi connectivity index (χ3n) is 6.13. The Labute approximate surface area is 197 Å². The molecule has 0 fully saturated rings. The average Bonchev–Trinajstić information content (AvgIpc) is 3.27. The number of aryl methyl sites for hydroxylation is 1. The fourth-order valence-corrected chi connectivity index (χ4v) is 4.14. The molecule has 33 heavy (non-hydrogen) atoms. The van der Waals surface area contributed by atoms with Gasteiger partial charge in [0.1, 0.15) is 11.3 Å². The predicted molar refractivity (Wildman–Crippen MR) is 138 cm³/mol. The van der Waals surface area contributed by atoms with Crippen molar-refractivity contribution in [1.29, 1.82) is 0 Å². The smallest absolute Gasteiger partial charge is 0.227 e. The summed E-state index contributed by atoms with van der Waals surface area (Å²) < 4.78 is 11.9. The summed E-state index contributed by atoms with van der Waals surface area (Å²) in [5, 5.41) is 0. The summed E-state index contributed by atoms with van der Waals surface area (Å²) in [5.41, 5.74) is 6.23. The van der Waals surface area contributed by atoms with Crippen LogP contribution in [-0.4, -0.2) is 11.6 Å². The van der Waals surface area contributed by atoms with E-state index in [1.165, 1.54) is 61.6 Å². The van der Waals surface area contributed by atoms with Crippen molar-refractivity contribution in [3.05, 3.63) is 72.3 Å². The van der Waals surface area contributed by atoms with Gasteiger partial charge in [-0.15, -0.1) is 0 Å². The van der Waals surface area contributed by atoms with E-state index in [4.69, 9.17) is 9.15 Å². The van der Waals surface area contributed by atoms with Crippen LogP contribution in [0.4, 0.5) is 0 Å². The second-order valence-electron chi connectivity index (χ2n) is 8.92. The molecule has 3 nitrogen and oxygen atoms in total. The van der Waals surface area contributed by atoms with Crippen LogP contribution in [0.15, 0.2) is 71.1 Å². The lowest BCUT2D eigenvalue weighted by Gasteiger charge is -2.08. The number of benzene rings is 3. The van der Waals surface area contributed by atoms with Gasteiger partial charge in [0.15, 0.2) is 5.58 Å². The molecule has 3 aromatic carbocycles. The van der Waals surface area contributed by atoms with E-state index in [-0.39, 0.29) is 0 Å². The van der Waals surface area contributed by atoms with Crippen molar-refractivity contribution >= 4 is 11.1 Å². The molecule has 0 amide bonds. The van der Waals surface area contributed by atoms with Crippen molar-refractivity contribution in [3.8, 4) is 28.3 Å². The van der Waals surface area contributed by atoms with Gasteiger partial charge in [-0.2, -0.15) is 0 Å². The number of fused-ring (bicyclic) bond motifs is 1. The van der Waals surface area contributed by atoms with Gasteiger partial charge < -0.3 is 9.15 Å². The lowest BCUT2D eigenvalue weighted by atomic mass is 10.0. The highest BCUT2D eigenvalue weighted by Crippen LogP contribution is 2.28. The monoisotopic (exact) mass is 441 g/mol. The Balaban J connectivity index is 1.26. The molecule has 0 saturated carbocycles. The first-order chi connectivity index (χ1) is 16.2. The third kappa shape index (κ3) is 6.47. The molecule has 0 aliphatic carbocycles. The summed E-state index contributed by atoms with van der Waals surface area (Å²) in [6, 6.07) is 22.8. The Morgan fingerprint density at radius 1 is 0.697 bits per heavy atom. The molecule has 0 N–H and O–H groups in total. The van der Waals surface area contributed by atoms with E-state index >= 15 is 0 Å². The normalized spacial score (nSPS) is 11.2. The molecule has 0 unspecified atom stereocenters. The Bertz CT molecular complexity index is 1130. The molecule has 0 radical (unpaired) electrons. The van der Waals surface area contributed by atoms with Gasteiger partial charge in [-0.25, -0.2) is 4.98 Å². The van der Waals surface area contributed by atoms with Crippen molar-refractivity contribution in [3.63, 3.8) is 0 Å². The zero-order chi connectivity index (χ0) is 22.9. The van der Waals surface area contributed by atoms with Crippen LogP contribution in [0.5, 0.6) is 5.75 Å². The SMILES string of the molecule is CCCCCCCCCCOc1ccc(-c2ccc(-c3nc4cc(C)ccc4o3)cc2)cc1. The van der Waals surface area contributed by atoms with Crippen LogP contribution < -0.4 is 4.74 Å². The first kappa shape index (κ1) is 23.1. The number of aromatic nitrogens is 1. The molecule has 1 aromatic heterocycles. The molecule has 0 aliphatic heterocycles. The van der Waals surface area contributed by atoms with Gasteiger partial charge in [-0.1, -0.05) is 82.2 Å². The zero-order valence-corrected chi connectivity index (χ0v) is 20.0. The van der Waals surface area contributed by atoms with E-state index in [1.807, 2.05) is 12.1 Å². The summed E-state index contributed by atoms with van der Waals surface area (Å²) >= 11 is 0. The van der Waals surface area contributed by atoms with Crippen molar-refractivity contribution < 1.29 is 9.15 Å². The van der Waals surface area contributed by atoms with Gasteiger partial charge in [-0.3, -0.25) is 0 Å². The molecule has 0 saturated heterocycles. The maximum absolute atomic E-state index is 5.94. The minimum atomic E-state index is 0.659. The number of ether oxygens (including phenoxy) is 1. The summed E-state index contributed by atoms with van der Waals surface area (Å²) in [6.07, 6.45) is 10.5. The molecule has 4 aromatic rings. The minimum Gasteiger partial charge on any atom is -0.494 e. The first-order valence-corrected chi connectivity index (χ1v) is 12.4. The maximum Gasteiger partial charge on any atom is 0.227 e. The van der Waals surface area contributed by atoms with E-state index in [1.54, 1.807) is 0 Å². The molecule has 3 heteroatoms. The van der Waals surface area contributed by atoms with Crippen molar-refractivity contribution in [2.75, 3.05) is 6.61 Å². The predicted octanol–water partition coefficient (Wildman–Crippen LogP) is 8.99. The Morgan fingerprint density at radius 2 is 1.30 bits per heavy atom. The first-order valence-electron chi connectivity index (χ1n) is 12.4. The summed E-state index contributed by atoms with van der Waals surface area (Å²) in [5.74, 6) is 1.60. The molecule has 0 aliphatic rings. The molecular weight excluding hydrogens is 406 g/mol. The molecule has 1 heterocycles. The summed E-state index contributed by atoms with van der Waals surface area (Å²) in [4.78, 5) is 4.64. The second-order valence-corrected chi connectivity index (χ2v) is 8.92. The zero-order valence-electron chi connectivity index (χ0n) is 20.0. The topological polar surface area (TPSA) is 35.3 Å². The van der Waals surface area contributed by atoms with Crippen LogP contribution in [0.3, 0.4) is 0 Å². The number of hydrogen-bond acceptors (Lipinski definition) is 3. The molecule has 0 spiro atoms. The van der Waals surface area contributed by atoms with E-state index < -0.39 is 0 Å². The molecule has 0 atom stereocenters. The van der Waals surface area contributed by atoms with E-state index in [2.05, 4.69) is 73.4 Å². The van der Waals surface area contributed by atoms with Crippen LogP contribution in [0.25, 0.3) is 33.7 Å². The van der Waals surface area contributed by atoms with Gasteiger partial charge in [-0.05, 0) is 66.4 Å². The lowest BCUT2D eigenvalue weighted by Crippen LogP contribution is -1.97. The largest absolute Gasteiger partial charge is 0.494 e. The maximum atomic E-state index is 5.94. The Morgan fingerprint density at radius 3 is 2.00 bits per heavy atom. The highest BCUT2D eigenvalue weighted by atomic mass is 16.5. The standard InChI is InChI=1S/C30H35NO2/c1-3-4-5-6-7-8-9-10-21-32-27-18-16-25(17-19-27)24-12-14-26(15-13-24)30-31-28-22-23(2)11-20-29(28)33-30/h11-20,22H,3-10,21H2,1-2H3. The number of oxazole rings is 1. The summed E-state index contributed by atoms with van der Waals surface area (Å²) in [7, 11) is 0. The van der Waals surface area contributed by atoms with Gasteiger partial charge in [0.25, 0.3) is 0 Å². The van der Waals surface area contributed by atoms with Crippen molar-refractivity contribution in [2.45, 2.75) is 65.2 Å². The van der Waals surface area contributed by atoms with Gasteiger partial charge in [0.2, 0.25) is 5.89 Å². The van der Waals surface area contributed by atoms with E-state index in [0.717, 1.165) is 35.4 Å². The molecule has 4 rings (SSSR count). The fraction of sp³-hybridized carbons (Fsp3) is 0.367. The van der Waals surface area contributed by atoms with Crippen LogP contribution in [0.1, 0.15) is 63.9 Å². The van der Waals surface area contributed by atoms with E-state index in [0.29, 0.717) is 5.89 Å². The van der Waals surface area contributed by atoms with Gasteiger partial charge in [0.05, 0.1) is 6.61 Å². The van der Waals surface area contributed by atoms with Crippen LogP contribution >= 0.6 is 0 Å². The summed E-state index contributed by atoms with van der Waals surface area (Å²) in [6.45, 7) is 5.13. The average molecular weight is 442 g/mol. The van der Waals surface area contributed by atoms with Gasteiger partial charge >= 0.3 is 0 Å². The quantitative estimate of drug-likeness (QED) is 0.206. The Hall–Kier alpha value is -3.07. The number of nitrogens with zero attached hydrogens (tertiary/aromatic N) is 1. The molecule has 172 valence electrons. The Kier molecular flexibility index (Phi) is 8.19. The van der Waals surface area contributed by atoms with Crippen molar-refractivity contribution in [2.24, 2.45) is 0 Å². The highest BCUT2D eigenvalue weighted by Gasteiger charge is 2.09. The fourth-order valence-electron chi connectivity index (χ4n) is 4.14. The second kappa shape index (κ2) is 11.7.